The fourth-order valence-electron chi connectivity index (χ4n) is 2.31. The van der Waals surface area contributed by atoms with Crippen molar-refractivity contribution in [1.29, 1.82) is 0 Å². The lowest BCUT2D eigenvalue weighted by molar-refractivity contribution is 0.0502. The number of hydrogen-bond acceptors (Lipinski definition) is 3. The van der Waals surface area contributed by atoms with Gasteiger partial charge in [0.15, 0.2) is 0 Å². The Morgan fingerprint density at radius 2 is 2.15 bits per heavy atom. The van der Waals surface area contributed by atoms with Gasteiger partial charge in [0.1, 0.15) is 5.82 Å². The first-order chi connectivity index (χ1) is 9.54. The highest BCUT2D eigenvalue weighted by Gasteiger charge is 2.33. The highest BCUT2D eigenvalue weighted by Crippen LogP contribution is 2.26. The van der Waals surface area contributed by atoms with Crippen LogP contribution in [0, 0.1) is 6.92 Å². The minimum atomic E-state index is -0.0358. The number of aryl methyl sites for hydroxylation is 1. The molecule has 0 aliphatic carbocycles. The van der Waals surface area contributed by atoms with Crippen LogP contribution in [0.2, 0.25) is 5.02 Å². The molecule has 0 saturated carbocycles. The Labute approximate surface area is 121 Å². The van der Waals surface area contributed by atoms with E-state index >= 15 is 0 Å². The zero-order chi connectivity index (χ0) is 14.3. The smallest absolute Gasteiger partial charge is 0.255 e. The molecule has 1 aromatic heterocycles. The maximum absolute atomic E-state index is 12.3. The van der Waals surface area contributed by atoms with Crippen LogP contribution in [0.3, 0.4) is 0 Å². The summed E-state index contributed by atoms with van der Waals surface area (Å²) in [7, 11) is 0. The number of aromatic nitrogens is 2. The molecule has 1 aliphatic heterocycles. The Morgan fingerprint density at radius 3 is 2.75 bits per heavy atom. The summed E-state index contributed by atoms with van der Waals surface area (Å²) >= 11 is 6.12. The molecule has 0 atom stereocenters. The fourth-order valence-corrected chi connectivity index (χ4v) is 2.62. The second-order valence-electron chi connectivity index (χ2n) is 5.07. The predicted molar refractivity (Wildman–Crippen MR) is 77.8 cm³/mol. The van der Waals surface area contributed by atoms with E-state index in [4.69, 9.17) is 17.3 Å². The molecule has 6 heteroatoms. The van der Waals surface area contributed by atoms with E-state index in [0.29, 0.717) is 29.5 Å². The normalized spacial score (nSPS) is 15.2. The largest absolute Gasteiger partial charge is 0.382 e. The molecule has 104 valence electrons. The third-order valence-electron chi connectivity index (χ3n) is 3.51. The summed E-state index contributed by atoms with van der Waals surface area (Å²) in [5.41, 5.74) is 7.18. The molecule has 0 bridgehead atoms. The summed E-state index contributed by atoms with van der Waals surface area (Å²) in [5, 5.41) is 4.66. The van der Waals surface area contributed by atoms with E-state index in [1.54, 1.807) is 27.8 Å². The molecule has 20 heavy (non-hydrogen) atoms. The summed E-state index contributed by atoms with van der Waals surface area (Å²) in [4.78, 5) is 14.1. The standard InChI is InChI=1S/C14H15ClN4O/c1-9-2-3-11(12(15)6-9)14(20)18-7-10(8-18)19-5-4-13(16)17-19/h2-6,10H,7-8H2,1H3,(H2,16,17). The number of halogens is 1. The second kappa shape index (κ2) is 4.83. The molecule has 1 aromatic carbocycles. The van der Waals surface area contributed by atoms with Gasteiger partial charge in [-0.1, -0.05) is 17.7 Å². The summed E-state index contributed by atoms with van der Waals surface area (Å²) in [5.74, 6) is 0.461. The van der Waals surface area contributed by atoms with E-state index in [1.807, 2.05) is 19.2 Å². The summed E-state index contributed by atoms with van der Waals surface area (Å²) in [6.07, 6.45) is 1.83. The lowest BCUT2D eigenvalue weighted by atomic mass is 10.1. The van der Waals surface area contributed by atoms with E-state index in [-0.39, 0.29) is 11.9 Å². The van der Waals surface area contributed by atoms with Crippen LogP contribution in [-0.2, 0) is 0 Å². The molecular formula is C14H15ClN4O. The minimum absolute atomic E-state index is 0.0358. The number of nitrogens with two attached hydrogens (primary N) is 1. The van der Waals surface area contributed by atoms with Crippen molar-refractivity contribution in [2.45, 2.75) is 13.0 Å². The van der Waals surface area contributed by atoms with Gasteiger partial charge in [0.25, 0.3) is 5.91 Å². The van der Waals surface area contributed by atoms with Crippen molar-refractivity contribution in [3.05, 3.63) is 46.6 Å². The van der Waals surface area contributed by atoms with Gasteiger partial charge in [-0.15, -0.1) is 0 Å². The second-order valence-corrected chi connectivity index (χ2v) is 5.48. The third-order valence-corrected chi connectivity index (χ3v) is 3.82. The van der Waals surface area contributed by atoms with E-state index in [2.05, 4.69) is 5.10 Å². The van der Waals surface area contributed by atoms with E-state index in [1.165, 1.54) is 0 Å². The molecule has 2 N–H and O–H groups in total. The number of nitrogens with zero attached hydrogens (tertiary/aromatic N) is 3. The highest BCUT2D eigenvalue weighted by atomic mass is 35.5. The molecule has 1 fully saturated rings. The molecule has 0 spiro atoms. The maximum atomic E-state index is 12.3. The molecule has 0 radical (unpaired) electrons. The van der Waals surface area contributed by atoms with E-state index in [9.17, 15) is 4.79 Å². The molecule has 1 saturated heterocycles. The van der Waals surface area contributed by atoms with Gasteiger partial charge in [-0.05, 0) is 30.7 Å². The SMILES string of the molecule is Cc1ccc(C(=O)N2CC(n3ccc(N)n3)C2)c(Cl)c1. The van der Waals surface area contributed by atoms with Gasteiger partial charge in [-0.2, -0.15) is 5.10 Å². The van der Waals surface area contributed by atoms with Gasteiger partial charge in [0.05, 0.1) is 16.6 Å². The quantitative estimate of drug-likeness (QED) is 0.921. The lowest BCUT2D eigenvalue weighted by Gasteiger charge is -2.39. The summed E-state index contributed by atoms with van der Waals surface area (Å²) in [6.45, 7) is 3.20. The van der Waals surface area contributed by atoms with Crippen molar-refractivity contribution >= 4 is 23.3 Å². The van der Waals surface area contributed by atoms with Crippen LogP contribution in [0.1, 0.15) is 22.0 Å². The molecule has 2 heterocycles. The number of carbonyl (C=O) groups excluding carboxylic acids is 1. The summed E-state index contributed by atoms with van der Waals surface area (Å²) < 4.78 is 1.80. The molecule has 0 unspecified atom stereocenters. The number of rotatable bonds is 2. The van der Waals surface area contributed by atoms with Crippen molar-refractivity contribution < 1.29 is 4.79 Å². The molecule has 1 aliphatic rings. The van der Waals surface area contributed by atoms with Crippen molar-refractivity contribution in [3.8, 4) is 0 Å². The number of anilines is 1. The number of amides is 1. The first kappa shape index (κ1) is 13.0. The van der Waals surface area contributed by atoms with Gasteiger partial charge >= 0.3 is 0 Å². The van der Waals surface area contributed by atoms with Crippen molar-refractivity contribution in [2.24, 2.45) is 0 Å². The zero-order valence-electron chi connectivity index (χ0n) is 11.1. The van der Waals surface area contributed by atoms with Crippen LogP contribution in [-0.4, -0.2) is 33.7 Å². The first-order valence-electron chi connectivity index (χ1n) is 6.40. The van der Waals surface area contributed by atoms with Crippen LogP contribution in [0.4, 0.5) is 5.82 Å². The molecule has 1 amide bonds. The van der Waals surface area contributed by atoms with Crippen molar-refractivity contribution in [3.63, 3.8) is 0 Å². The van der Waals surface area contributed by atoms with Crippen molar-refractivity contribution in [1.82, 2.24) is 14.7 Å². The Bertz CT molecular complexity index is 661. The maximum Gasteiger partial charge on any atom is 0.255 e. The van der Waals surface area contributed by atoms with Crippen molar-refractivity contribution in [2.75, 3.05) is 18.8 Å². The number of nitrogen functional groups attached to an aromatic ring is 1. The van der Waals surface area contributed by atoms with Crippen LogP contribution >= 0.6 is 11.6 Å². The Morgan fingerprint density at radius 1 is 1.40 bits per heavy atom. The number of hydrogen-bond donors (Lipinski definition) is 1. The molecule has 5 nitrogen and oxygen atoms in total. The lowest BCUT2D eigenvalue weighted by Crippen LogP contribution is -2.50. The molecule has 2 aromatic rings. The fraction of sp³-hybridized carbons (Fsp3) is 0.286. The average molecular weight is 291 g/mol. The number of carbonyl (C=O) groups is 1. The zero-order valence-corrected chi connectivity index (χ0v) is 11.8. The minimum Gasteiger partial charge on any atom is -0.382 e. The number of likely N-dealkylation sites (tertiary alicyclic amines) is 1. The Kier molecular flexibility index (Phi) is 3.14. The third kappa shape index (κ3) is 2.25. The van der Waals surface area contributed by atoms with E-state index in [0.717, 1.165) is 5.56 Å². The van der Waals surface area contributed by atoms with Crippen LogP contribution in [0.15, 0.2) is 30.5 Å². The summed E-state index contributed by atoms with van der Waals surface area (Å²) in [6, 6.07) is 7.42. The van der Waals surface area contributed by atoms with Gasteiger partial charge in [0, 0.05) is 19.3 Å². The molecule has 3 rings (SSSR count). The predicted octanol–water partition coefficient (Wildman–Crippen LogP) is 2.12. The van der Waals surface area contributed by atoms with Gasteiger partial charge < -0.3 is 10.6 Å². The van der Waals surface area contributed by atoms with Gasteiger partial charge in [-0.25, -0.2) is 0 Å². The number of benzene rings is 1. The Balaban J connectivity index is 1.69. The first-order valence-corrected chi connectivity index (χ1v) is 6.78. The van der Waals surface area contributed by atoms with Gasteiger partial charge in [-0.3, -0.25) is 9.48 Å². The van der Waals surface area contributed by atoms with Crippen LogP contribution in [0.25, 0.3) is 0 Å². The monoisotopic (exact) mass is 290 g/mol. The molecular weight excluding hydrogens is 276 g/mol. The average Bonchev–Trinajstić information content (AvgIpc) is 2.73. The topological polar surface area (TPSA) is 64.2 Å². The van der Waals surface area contributed by atoms with Gasteiger partial charge in [0.2, 0.25) is 0 Å². The van der Waals surface area contributed by atoms with Crippen LogP contribution in [0.5, 0.6) is 0 Å². The van der Waals surface area contributed by atoms with E-state index < -0.39 is 0 Å². The Hall–Kier alpha value is -2.01. The van der Waals surface area contributed by atoms with Crippen LogP contribution < -0.4 is 5.73 Å². The highest BCUT2D eigenvalue weighted by molar-refractivity contribution is 6.33.